The fourth-order valence-corrected chi connectivity index (χ4v) is 2.58. The number of ether oxygens (including phenoxy) is 2. The predicted molar refractivity (Wildman–Crippen MR) is 79.8 cm³/mol. The van der Waals surface area contributed by atoms with Crippen LogP contribution in [0.5, 0.6) is 5.75 Å². The van der Waals surface area contributed by atoms with Crippen molar-refractivity contribution in [1.29, 1.82) is 0 Å². The molecule has 1 fully saturated rings. The highest BCUT2D eigenvalue weighted by Gasteiger charge is 2.25. The highest BCUT2D eigenvalue weighted by atomic mass is 79.9. The van der Waals surface area contributed by atoms with Gasteiger partial charge in [-0.1, -0.05) is 15.9 Å². The molecule has 0 saturated carbocycles. The zero-order valence-electron chi connectivity index (χ0n) is 11.7. The fraction of sp³-hybridized carbons (Fsp3) is 0.500. The molecule has 0 bridgehead atoms. The van der Waals surface area contributed by atoms with E-state index in [-0.39, 0.29) is 5.91 Å². The summed E-state index contributed by atoms with van der Waals surface area (Å²) in [5.41, 5.74) is 0.960. The summed E-state index contributed by atoms with van der Waals surface area (Å²) in [5.74, 6) is 0.759. The standard InChI is InChI=1S/C14H19BrN2O3/c1-17(14(18)13-8-16-5-6-20-13)9-10-7-11(15)3-4-12(10)19-2/h3-4,7,13,16H,5-6,8-9H2,1-2H3. The Kier molecular flexibility index (Phi) is 5.39. The van der Waals surface area contributed by atoms with E-state index >= 15 is 0 Å². The summed E-state index contributed by atoms with van der Waals surface area (Å²) in [5, 5.41) is 3.16. The van der Waals surface area contributed by atoms with Gasteiger partial charge < -0.3 is 19.7 Å². The highest BCUT2D eigenvalue weighted by Crippen LogP contribution is 2.24. The monoisotopic (exact) mass is 342 g/mol. The number of hydrogen-bond donors (Lipinski definition) is 1. The van der Waals surface area contributed by atoms with Crippen molar-refractivity contribution >= 4 is 21.8 Å². The van der Waals surface area contributed by atoms with Crippen LogP contribution in [0.1, 0.15) is 5.56 Å². The molecule has 1 saturated heterocycles. The third kappa shape index (κ3) is 3.71. The van der Waals surface area contributed by atoms with E-state index in [1.807, 2.05) is 18.2 Å². The second kappa shape index (κ2) is 7.06. The number of morpholine rings is 1. The first-order valence-electron chi connectivity index (χ1n) is 6.51. The van der Waals surface area contributed by atoms with E-state index in [1.54, 1.807) is 19.1 Å². The van der Waals surface area contributed by atoms with Crippen LogP contribution in [0.3, 0.4) is 0 Å². The molecule has 1 atom stereocenters. The van der Waals surface area contributed by atoms with Crippen molar-refractivity contribution in [1.82, 2.24) is 10.2 Å². The number of amides is 1. The first-order chi connectivity index (χ1) is 9.61. The zero-order valence-corrected chi connectivity index (χ0v) is 13.3. The molecular formula is C14H19BrN2O3. The number of halogens is 1. The molecule has 0 aliphatic carbocycles. The van der Waals surface area contributed by atoms with Gasteiger partial charge in [0.05, 0.1) is 13.7 Å². The molecule has 1 aliphatic heterocycles. The number of benzene rings is 1. The molecule has 6 heteroatoms. The summed E-state index contributed by atoms with van der Waals surface area (Å²) in [7, 11) is 3.41. The summed E-state index contributed by atoms with van der Waals surface area (Å²) >= 11 is 3.44. The van der Waals surface area contributed by atoms with Crippen LogP contribution in [0.25, 0.3) is 0 Å². The van der Waals surface area contributed by atoms with Crippen LogP contribution >= 0.6 is 15.9 Å². The maximum atomic E-state index is 12.3. The Morgan fingerprint density at radius 3 is 3.05 bits per heavy atom. The van der Waals surface area contributed by atoms with Crippen molar-refractivity contribution in [2.24, 2.45) is 0 Å². The number of carbonyl (C=O) groups is 1. The number of nitrogens with one attached hydrogen (secondary N) is 1. The normalized spacial score (nSPS) is 18.6. The molecule has 5 nitrogen and oxygen atoms in total. The summed E-state index contributed by atoms with van der Waals surface area (Å²) < 4.78 is 11.8. The molecule has 1 aromatic carbocycles. The number of methoxy groups -OCH3 is 1. The van der Waals surface area contributed by atoms with Gasteiger partial charge in [-0.05, 0) is 18.2 Å². The minimum atomic E-state index is -0.396. The number of nitrogens with zero attached hydrogens (tertiary/aromatic N) is 1. The van der Waals surface area contributed by atoms with Crippen molar-refractivity contribution in [3.05, 3.63) is 28.2 Å². The molecule has 20 heavy (non-hydrogen) atoms. The van der Waals surface area contributed by atoms with Crippen molar-refractivity contribution in [2.45, 2.75) is 12.6 Å². The van der Waals surface area contributed by atoms with E-state index in [4.69, 9.17) is 9.47 Å². The van der Waals surface area contributed by atoms with Gasteiger partial charge in [0.25, 0.3) is 5.91 Å². The van der Waals surface area contributed by atoms with Gasteiger partial charge in [-0.15, -0.1) is 0 Å². The molecule has 0 radical (unpaired) electrons. The number of carbonyl (C=O) groups excluding carboxylic acids is 1. The fourth-order valence-electron chi connectivity index (χ4n) is 2.17. The van der Waals surface area contributed by atoms with Gasteiger partial charge in [-0.25, -0.2) is 0 Å². The summed E-state index contributed by atoms with van der Waals surface area (Å²) in [6.07, 6.45) is -0.396. The molecule has 2 rings (SSSR count). The van der Waals surface area contributed by atoms with Crippen molar-refractivity contribution in [3.8, 4) is 5.75 Å². The van der Waals surface area contributed by atoms with Crippen molar-refractivity contribution in [2.75, 3.05) is 33.9 Å². The average Bonchev–Trinajstić information content (AvgIpc) is 2.47. The Balaban J connectivity index is 2.04. The topological polar surface area (TPSA) is 50.8 Å². The van der Waals surface area contributed by atoms with Gasteiger partial charge in [0, 0.05) is 36.7 Å². The molecular weight excluding hydrogens is 324 g/mol. The van der Waals surface area contributed by atoms with Gasteiger partial charge >= 0.3 is 0 Å². The van der Waals surface area contributed by atoms with Crippen LogP contribution < -0.4 is 10.1 Å². The van der Waals surface area contributed by atoms with Gasteiger partial charge in [0.2, 0.25) is 0 Å². The van der Waals surface area contributed by atoms with E-state index in [2.05, 4.69) is 21.2 Å². The second-order valence-corrected chi connectivity index (χ2v) is 5.63. The first kappa shape index (κ1) is 15.3. The largest absolute Gasteiger partial charge is 0.496 e. The van der Waals surface area contributed by atoms with Crippen molar-refractivity contribution in [3.63, 3.8) is 0 Å². The average molecular weight is 343 g/mol. The third-order valence-electron chi connectivity index (χ3n) is 3.23. The highest BCUT2D eigenvalue weighted by molar-refractivity contribution is 9.10. The van der Waals surface area contributed by atoms with Crippen LogP contribution in [0.4, 0.5) is 0 Å². The smallest absolute Gasteiger partial charge is 0.253 e. The summed E-state index contributed by atoms with van der Waals surface area (Å²) in [6.45, 7) is 2.43. The Morgan fingerprint density at radius 2 is 2.40 bits per heavy atom. The van der Waals surface area contributed by atoms with E-state index in [9.17, 15) is 4.79 Å². The minimum absolute atomic E-state index is 0.0146. The summed E-state index contributed by atoms with van der Waals surface area (Å²) in [6, 6.07) is 5.76. The van der Waals surface area contributed by atoms with Crippen LogP contribution in [0.2, 0.25) is 0 Å². The van der Waals surface area contributed by atoms with Gasteiger partial charge in [-0.2, -0.15) is 0 Å². The zero-order chi connectivity index (χ0) is 14.5. The van der Waals surface area contributed by atoms with E-state index in [0.717, 1.165) is 22.3 Å². The SMILES string of the molecule is COc1ccc(Br)cc1CN(C)C(=O)C1CNCCO1. The Labute approximate surface area is 127 Å². The molecule has 1 unspecified atom stereocenters. The third-order valence-corrected chi connectivity index (χ3v) is 3.72. The lowest BCUT2D eigenvalue weighted by Crippen LogP contribution is -2.48. The molecule has 0 aromatic heterocycles. The molecule has 110 valence electrons. The van der Waals surface area contributed by atoms with Crippen LogP contribution in [0, 0.1) is 0 Å². The van der Waals surface area contributed by atoms with Gasteiger partial charge in [0.1, 0.15) is 11.9 Å². The Morgan fingerprint density at radius 1 is 1.60 bits per heavy atom. The number of rotatable bonds is 4. The maximum absolute atomic E-state index is 12.3. The lowest BCUT2D eigenvalue weighted by molar-refractivity contribution is -0.144. The van der Waals surface area contributed by atoms with E-state index in [0.29, 0.717) is 19.7 Å². The Bertz CT molecular complexity index is 475. The lowest BCUT2D eigenvalue weighted by atomic mass is 10.1. The lowest BCUT2D eigenvalue weighted by Gasteiger charge is -2.27. The maximum Gasteiger partial charge on any atom is 0.253 e. The van der Waals surface area contributed by atoms with E-state index < -0.39 is 6.10 Å². The van der Waals surface area contributed by atoms with E-state index in [1.165, 1.54) is 0 Å². The van der Waals surface area contributed by atoms with Crippen LogP contribution in [-0.2, 0) is 16.1 Å². The molecule has 1 aromatic rings. The minimum Gasteiger partial charge on any atom is -0.496 e. The predicted octanol–water partition coefficient (Wildman–Crippen LogP) is 1.40. The number of likely N-dealkylation sites (N-methyl/N-ethyl adjacent to an activating group) is 1. The molecule has 1 heterocycles. The first-order valence-corrected chi connectivity index (χ1v) is 7.31. The quantitative estimate of drug-likeness (QED) is 0.898. The molecule has 1 amide bonds. The molecule has 1 N–H and O–H groups in total. The molecule has 1 aliphatic rings. The number of hydrogen-bond acceptors (Lipinski definition) is 4. The van der Waals surface area contributed by atoms with Crippen LogP contribution in [0.15, 0.2) is 22.7 Å². The molecule has 0 spiro atoms. The van der Waals surface area contributed by atoms with Crippen LogP contribution in [-0.4, -0.2) is 50.8 Å². The van der Waals surface area contributed by atoms with Gasteiger partial charge in [-0.3, -0.25) is 4.79 Å². The van der Waals surface area contributed by atoms with Gasteiger partial charge in [0.15, 0.2) is 0 Å². The second-order valence-electron chi connectivity index (χ2n) is 4.71. The Hall–Kier alpha value is -1.11. The van der Waals surface area contributed by atoms with Crippen molar-refractivity contribution < 1.29 is 14.3 Å². The summed E-state index contributed by atoms with van der Waals surface area (Å²) in [4.78, 5) is 14.0.